The minimum absolute atomic E-state index is 0.00724. The molecule has 0 radical (unpaired) electrons. The summed E-state index contributed by atoms with van der Waals surface area (Å²) in [5, 5.41) is 15.8. The second-order valence-electron chi connectivity index (χ2n) is 9.89. The average molecular weight is 481 g/mol. The van der Waals surface area contributed by atoms with Gasteiger partial charge in [-0.05, 0) is 66.0 Å². The lowest BCUT2D eigenvalue weighted by molar-refractivity contribution is -0.0383. The van der Waals surface area contributed by atoms with E-state index in [9.17, 15) is 0 Å². The standard InChI is InChI=1S/C25H32N6O2S/c1-15-17(16(2)33-30-15)14-26-18-13-22(29-25(3,4)5)28-19-12-21(34-24(18)19)20-9-10-27-31(20)23-8-6-7-11-32-23/h9-10,12-13,23H,6-8,11,14H2,1-5H3,(H2,26,28,29). The quantitative estimate of drug-likeness (QED) is 0.335. The third-order valence-electron chi connectivity index (χ3n) is 5.97. The molecule has 1 aliphatic heterocycles. The number of aromatic nitrogens is 4. The number of pyridine rings is 1. The maximum Gasteiger partial charge on any atom is 0.150 e. The highest BCUT2D eigenvalue weighted by Gasteiger charge is 2.22. The normalized spacial score (nSPS) is 16.8. The van der Waals surface area contributed by atoms with Crippen molar-refractivity contribution < 1.29 is 9.26 Å². The third kappa shape index (κ3) is 4.67. The van der Waals surface area contributed by atoms with Gasteiger partial charge in [0.2, 0.25) is 0 Å². The van der Waals surface area contributed by atoms with Crippen LogP contribution in [0, 0.1) is 13.8 Å². The van der Waals surface area contributed by atoms with Gasteiger partial charge in [-0.25, -0.2) is 9.67 Å². The molecule has 0 spiro atoms. The van der Waals surface area contributed by atoms with E-state index in [-0.39, 0.29) is 11.8 Å². The Morgan fingerprint density at radius 3 is 2.76 bits per heavy atom. The Morgan fingerprint density at radius 2 is 2.06 bits per heavy atom. The number of fused-ring (bicyclic) bond motifs is 1. The number of rotatable bonds is 6. The van der Waals surface area contributed by atoms with Gasteiger partial charge in [0.05, 0.1) is 32.2 Å². The highest BCUT2D eigenvalue weighted by molar-refractivity contribution is 7.22. The van der Waals surface area contributed by atoms with Crippen molar-refractivity contribution in [2.45, 2.75) is 72.2 Å². The van der Waals surface area contributed by atoms with E-state index in [0.29, 0.717) is 6.54 Å². The van der Waals surface area contributed by atoms with Crippen LogP contribution in [0.2, 0.25) is 0 Å². The molecule has 4 aromatic heterocycles. The average Bonchev–Trinajstić information content (AvgIpc) is 3.50. The zero-order valence-corrected chi connectivity index (χ0v) is 21.3. The Balaban J connectivity index is 1.53. The first-order valence-electron chi connectivity index (χ1n) is 11.8. The minimum Gasteiger partial charge on any atom is -0.379 e. The summed E-state index contributed by atoms with van der Waals surface area (Å²) in [6.07, 6.45) is 5.11. The van der Waals surface area contributed by atoms with Crippen LogP contribution >= 0.6 is 11.3 Å². The Hall–Kier alpha value is -2.91. The predicted molar refractivity (Wildman–Crippen MR) is 136 cm³/mol. The summed E-state index contributed by atoms with van der Waals surface area (Å²) in [5.41, 5.74) is 4.94. The number of nitrogens with one attached hydrogen (secondary N) is 2. The molecule has 34 heavy (non-hydrogen) atoms. The molecule has 1 saturated heterocycles. The van der Waals surface area contributed by atoms with Crippen LogP contribution in [0.1, 0.15) is 63.3 Å². The van der Waals surface area contributed by atoms with Crippen LogP contribution in [0.25, 0.3) is 20.8 Å². The summed E-state index contributed by atoms with van der Waals surface area (Å²) in [6, 6.07) is 6.31. The van der Waals surface area contributed by atoms with E-state index in [1.807, 2.05) is 24.7 Å². The molecule has 0 bridgehead atoms. The summed E-state index contributed by atoms with van der Waals surface area (Å²) in [7, 11) is 0. The van der Waals surface area contributed by atoms with Crippen molar-refractivity contribution in [3.8, 4) is 10.6 Å². The van der Waals surface area contributed by atoms with Crippen molar-refractivity contribution in [1.82, 2.24) is 19.9 Å². The van der Waals surface area contributed by atoms with E-state index in [2.05, 4.69) is 59.9 Å². The van der Waals surface area contributed by atoms with Crippen LogP contribution in [0.15, 0.2) is 28.9 Å². The molecular formula is C25H32N6O2S. The first-order valence-corrected chi connectivity index (χ1v) is 12.6. The largest absolute Gasteiger partial charge is 0.379 e. The first-order chi connectivity index (χ1) is 16.3. The second kappa shape index (κ2) is 9.03. The lowest BCUT2D eigenvalue weighted by Crippen LogP contribution is -2.26. The van der Waals surface area contributed by atoms with Crippen LogP contribution in [0.3, 0.4) is 0 Å². The van der Waals surface area contributed by atoms with E-state index in [0.717, 1.165) is 75.2 Å². The van der Waals surface area contributed by atoms with Crippen molar-refractivity contribution in [3.05, 3.63) is 41.4 Å². The molecule has 180 valence electrons. The minimum atomic E-state index is -0.102. The van der Waals surface area contributed by atoms with Gasteiger partial charge in [0, 0.05) is 36.5 Å². The van der Waals surface area contributed by atoms with Gasteiger partial charge >= 0.3 is 0 Å². The first kappa shape index (κ1) is 22.9. The maximum atomic E-state index is 6.01. The van der Waals surface area contributed by atoms with Crippen LogP contribution in [0.4, 0.5) is 11.5 Å². The number of hydrogen-bond donors (Lipinski definition) is 2. The molecule has 1 unspecified atom stereocenters. The van der Waals surface area contributed by atoms with Crippen molar-refractivity contribution in [2.75, 3.05) is 17.2 Å². The molecule has 4 aromatic rings. The van der Waals surface area contributed by atoms with Crippen molar-refractivity contribution in [1.29, 1.82) is 0 Å². The van der Waals surface area contributed by atoms with Crippen molar-refractivity contribution in [2.24, 2.45) is 0 Å². The van der Waals surface area contributed by atoms with Crippen molar-refractivity contribution in [3.63, 3.8) is 0 Å². The maximum absolute atomic E-state index is 6.01. The monoisotopic (exact) mass is 480 g/mol. The molecule has 1 atom stereocenters. The molecule has 0 saturated carbocycles. The van der Waals surface area contributed by atoms with E-state index in [1.54, 1.807) is 11.3 Å². The SMILES string of the molecule is Cc1noc(C)c1CNc1cc(NC(C)(C)C)nc2cc(-c3ccnn3C3CCCCO3)sc12. The molecule has 0 amide bonds. The van der Waals surface area contributed by atoms with Crippen LogP contribution in [-0.4, -0.2) is 32.1 Å². The van der Waals surface area contributed by atoms with Gasteiger partial charge in [-0.3, -0.25) is 0 Å². The zero-order valence-electron chi connectivity index (χ0n) is 20.4. The van der Waals surface area contributed by atoms with Gasteiger partial charge in [0.25, 0.3) is 0 Å². The number of ether oxygens (including phenoxy) is 1. The highest BCUT2D eigenvalue weighted by atomic mass is 32.1. The van der Waals surface area contributed by atoms with Gasteiger partial charge in [0.15, 0.2) is 6.23 Å². The lowest BCUT2D eigenvalue weighted by atomic mass is 10.1. The lowest BCUT2D eigenvalue weighted by Gasteiger charge is -2.24. The topological polar surface area (TPSA) is 90.0 Å². The van der Waals surface area contributed by atoms with Crippen LogP contribution in [0.5, 0.6) is 0 Å². The summed E-state index contributed by atoms with van der Waals surface area (Å²) < 4.78 is 14.5. The van der Waals surface area contributed by atoms with Crippen LogP contribution < -0.4 is 10.6 Å². The summed E-state index contributed by atoms with van der Waals surface area (Å²) in [5.74, 6) is 1.68. The molecule has 2 N–H and O–H groups in total. The zero-order chi connectivity index (χ0) is 23.9. The van der Waals surface area contributed by atoms with Gasteiger partial charge in [0.1, 0.15) is 11.6 Å². The molecule has 0 aliphatic carbocycles. The summed E-state index contributed by atoms with van der Waals surface area (Å²) in [6.45, 7) is 11.8. The Bertz CT molecular complexity index is 1270. The van der Waals surface area contributed by atoms with Crippen LogP contribution in [-0.2, 0) is 11.3 Å². The summed E-state index contributed by atoms with van der Waals surface area (Å²) in [4.78, 5) is 6.07. The Morgan fingerprint density at radius 1 is 1.21 bits per heavy atom. The fourth-order valence-corrected chi connectivity index (χ4v) is 5.43. The Labute approximate surface area is 203 Å². The van der Waals surface area contributed by atoms with E-state index in [1.165, 1.54) is 0 Å². The van der Waals surface area contributed by atoms with Gasteiger partial charge in [-0.1, -0.05) is 5.16 Å². The smallest absolute Gasteiger partial charge is 0.150 e. The van der Waals surface area contributed by atoms with E-state index in [4.69, 9.17) is 14.2 Å². The molecule has 9 heteroatoms. The van der Waals surface area contributed by atoms with Gasteiger partial charge in [-0.15, -0.1) is 11.3 Å². The predicted octanol–water partition coefficient (Wildman–Crippen LogP) is 6.29. The molecule has 8 nitrogen and oxygen atoms in total. The molecule has 5 heterocycles. The van der Waals surface area contributed by atoms with E-state index < -0.39 is 0 Å². The number of anilines is 2. The third-order valence-corrected chi connectivity index (χ3v) is 7.15. The number of hydrogen-bond acceptors (Lipinski definition) is 8. The van der Waals surface area contributed by atoms with E-state index >= 15 is 0 Å². The summed E-state index contributed by atoms with van der Waals surface area (Å²) >= 11 is 1.72. The fourth-order valence-electron chi connectivity index (χ4n) is 4.32. The molecule has 5 rings (SSSR count). The molecule has 1 aliphatic rings. The molecule has 0 aromatic carbocycles. The molecule has 1 fully saturated rings. The van der Waals surface area contributed by atoms with Gasteiger partial charge < -0.3 is 19.9 Å². The second-order valence-corrected chi connectivity index (χ2v) is 10.9. The fraction of sp³-hybridized carbons (Fsp3) is 0.480. The number of thiophene rings is 1. The van der Waals surface area contributed by atoms with Gasteiger partial charge in [-0.2, -0.15) is 5.10 Å². The number of nitrogens with zero attached hydrogens (tertiary/aromatic N) is 4. The molecular weight excluding hydrogens is 448 g/mol. The highest BCUT2D eigenvalue weighted by Crippen LogP contribution is 2.40. The number of aryl methyl sites for hydroxylation is 2. The Kier molecular flexibility index (Phi) is 6.07. The van der Waals surface area contributed by atoms with Crippen molar-refractivity contribution >= 4 is 33.1 Å².